The van der Waals surface area contributed by atoms with Crippen molar-refractivity contribution in [3.8, 4) is 0 Å². The third-order valence-corrected chi connectivity index (χ3v) is 3.99. The van der Waals surface area contributed by atoms with E-state index in [1.165, 1.54) is 82.9 Å². The van der Waals surface area contributed by atoms with Gasteiger partial charge in [0.1, 0.15) is 0 Å². The van der Waals surface area contributed by atoms with Crippen molar-refractivity contribution in [2.45, 2.75) is 105 Å². The summed E-state index contributed by atoms with van der Waals surface area (Å²) in [5, 5.41) is 6.87. The molecule has 0 amide bonds. The normalized spacial score (nSPS) is 10.1. The van der Waals surface area contributed by atoms with Crippen molar-refractivity contribution in [3.05, 3.63) is 12.3 Å². The Balaban J connectivity index is 0. The van der Waals surface area contributed by atoms with Gasteiger partial charge in [0.25, 0.3) is 0 Å². The predicted octanol–water partition coefficient (Wildman–Crippen LogP) is 6.43. The zero-order valence-electron chi connectivity index (χ0n) is 16.8. The quantitative estimate of drug-likeness (QED) is 0.301. The van der Waals surface area contributed by atoms with Crippen molar-refractivity contribution in [2.75, 3.05) is 19.6 Å². The molecule has 0 saturated carbocycles. The lowest BCUT2D eigenvalue weighted by Gasteiger charge is -2.09. The highest BCUT2D eigenvalue weighted by atomic mass is 14.9. The lowest BCUT2D eigenvalue weighted by Crippen LogP contribution is -2.14. The lowest BCUT2D eigenvalue weighted by atomic mass is 10.1. The van der Waals surface area contributed by atoms with Crippen LogP contribution in [0.3, 0.4) is 0 Å². The highest BCUT2D eigenvalue weighted by molar-refractivity contribution is 4.90. The molecule has 0 fully saturated rings. The van der Waals surface area contributed by atoms with Gasteiger partial charge in [0.05, 0.1) is 0 Å². The highest BCUT2D eigenvalue weighted by Crippen LogP contribution is 2.09. The first-order valence-corrected chi connectivity index (χ1v) is 10.4. The molecule has 0 bridgehead atoms. The monoisotopic (exact) mass is 326 g/mol. The highest BCUT2D eigenvalue weighted by Gasteiger charge is 1.96. The maximum atomic E-state index is 4.14. The van der Waals surface area contributed by atoms with E-state index in [2.05, 4.69) is 31.1 Å². The van der Waals surface area contributed by atoms with Crippen LogP contribution in [0.2, 0.25) is 0 Å². The fourth-order valence-electron chi connectivity index (χ4n) is 2.55. The standard InChI is InChI=1S/C19H40N2.C2H6/c1-4-6-7-8-12-15-18-21-19(3)16-13-10-9-11-14-17-20-5-2;1-2/h20-21H,3-18H2,1-2H3;1-2H3. The van der Waals surface area contributed by atoms with Gasteiger partial charge in [-0.25, -0.2) is 0 Å². The SMILES string of the molecule is C=C(CCCCCCCNCC)NCCCCCCCC.CC. The van der Waals surface area contributed by atoms with Crippen LogP contribution in [0.25, 0.3) is 0 Å². The molecule has 2 N–H and O–H groups in total. The maximum Gasteiger partial charge on any atom is 0.0143 e. The Bertz CT molecular complexity index is 214. The summed E-state index contributed by atoms with van der Waals surface area (Å²) in [6.07, 6.45) is 16.1. The van der Waals surface area contributed by atoms with Gasteiger partial charge in [-0.3, -0.25) is 0 Å². The first kappa shape index (κ1) is 24.7. The average molecular weight is 327 g/mol. The molecule has 140 valence electrons. The second-order valence-corrected chi connectivity index (χ2v) is 6.17. The molecule has 0 saturated heterocycles. The number of unbranched alkanes of at least 4 members (excludes halogenated alkanes) is 9. The minimum absolute atomic E-state index is 1.10. The molecule has 0 heterocycles. The summed E-state index contributed by atoms with van der Waals surface area (Å²) < 4.78 is 0. The largest absolute Gasteiger partial charge is 0.389 e. The van der Waals surface area contributed by atoms with Crippen molar-refractivity contribution in [2.24, 2.45) is 0 Å². The van der Waals surface area contributed by atoms with E-state index in [1.807, 2.05) is 13.8 Å². The summed E-state index contributed by atoms with van der Waals surface area (Å²) >= 11 is 0. The second-order valence-electron chi connectivity index (χ2n) is 6.17. The molecular weight excluding hydrogens is 280 g/mol. The van der Waals surface area contributed by atoms with Gasteiger partial charge in [-0.05, 0) is 38.8 Å². The lowest BCUT2D eigenvalue weighted by molar-refractivity contribution is 0.566. The van der Waals surface area contributed by atoms with Crippen LogP contribution < -0.4 is 10.6 Å². The molecule has 2 heteroatoms. The summed E-state index contributed by atoms with van der Waals surface area (Å²) in [4.78, 5) is 0. The Hall–Kier alpha value is -0.500. The minimum Gasteiger partial charge on any atom is -0.389 e. The summed E-state index contributed by atoms with van der Waals surface area (Å²) in [6.45, 7) is 16.0. The first-order chi connectivity index (χ1) is 11.3. The maximum absolute atomic E-state index is 4.14. The van der Waals surface area contributed by atoms with E-state index in [0.717, 1.165) is 19.5 Å². The second kappa shape index (κ2) is 23.8. The number of allylic oxidation sites excluding steroid dienone is 1. The van der Waals surface area contributed by atoms with Crippen LogP contribution in [0, 0.1) is 0 Å². The van der Waals surface area contributed by atoms with E-state index >= 15 is 0 Å². The molecule has 0 aliphatic heterocycles. The first-order valence-electron chi connectivity index (χ1n) is 10.4. The third-order valence-electron chi connectivity index (χ3n) is 3.99. The fraction of sp³-hybridized carbons (Fsp3) is 0.905. The van der Waals surface area contributed by atoms with E-state index < -0.39 is 0 Å². The molecule has 2 nitrogen and oxygen atoms in total. The summed E-state index contributed by atoms with van der Waals surface area (Å²) in [7, 11) is 0. The van der Waals surface area contributed by atoms with E-state index in [-0.39, 0.29) is 0 Å². The van der Waals surface area contributed by atoms with Crippen molar-refractivity contribution >= 4 is 0 Å². The molecule has 0 aromatic rings. The number of hydrogen-bond acceptors (Lipinski definition) is 2. The topological polar surface area (TPSA) is 24.1 Å². The van der Waals surface area contributed by atoms with Crippen molar-refractivity contribution in [3.63, 3.8) is 0 Å². The Morgan fingerprint density at radius 3 is 1.83 bits per heavy atom. The third kappa shape index (κ3) is 23.9. The summed E-state index contributed by atoms with van der Waals surface area (Å²) in [6, 6.07) is 0. The Labute approximate surface area is 147 Å². The van der Waals surface area contributed by atoms with Gasteiger partial charge < -0.3 is 10.6 Å². The van der Waals surface area contributed by atoms with Gasteiger partial charge in [-0.15, -0.1) is 0 Å². The van der Waals surface area contributed by atoms with Gasteiger partial charge in [-0.1, -0.05) is 85.6 Å². The minimum atomic E-state index is 1.10. The molecule has 0 aromatic carbocycles. The summed E-state index contributed by atoms with van der Waals surface area (Å²) in [5.74, 6) is 0. The zero-order chi connectivity index (χ0) is 17.6. The molecule has 0 rings (SSSR count). The Kier molecular flexibility index (Phi) is 25.6. The van der Waals surface area contributed by atoms with E-state index in [4.69, 9.17) is 0 Å². The summed E-state index contributed by atoms with van der Waals surface area (Å²) in [5.41, 5.74) is 1.25. The van der Waals surface area contributed by atoms with Gasteiger partial charge >= 0.3 is 0 Å². The molecule has 0 unspecified atom stereocenters. The fourth-order valence-corrected chi connectivity index (χ4v) is 2.55. The van der Waals surface area contributed by atoms with Crippen LogP contribution in [0.4, 0.5) is 0 Å². The number of hydrogen-bond donors (Lipinski definition) is 2. The van der Waals surface area contributed by atoms with Crippen LogP contribution in [-0.4, -0.2) is 19.6 Å². The molecule has 23 heavy (non-hydrogen) atoms. The van der Waals surface area contributed by atoms with Crippen LogP contribution in [0.1, 0.15) is 105 Å². The Morgan fingerprint density at radius 1 is 0.696 bits per heavy atom. The van der Waals surface area contributed by atoms with E-state index in [0.29, 0.717) is 0 Å². The van der Waals surface area contributed by atoms with Crippen molar-refractivity contribution in [1.82, 2.24) is 10.6 Å². The van der Waals surface area contributed by atoms with Crippen LogP contribution in [0.5, 0.6) is 0 Å². The van der Waals surface area contributed by atoms with E-state index in [9.17, 15) is 0 Å². The molecule has 0 spiro atoms. The van der Waals surface area contributed by atoms with Crippen molar-refractivity contribution in [1.29, 1.82) is 0 Å². The zero-order valence-corrected chi connectivity index (χ0v) is 16.8. The molecule has 0 aliphatic carbocycles. The smallest absolute Gasteiger partial charge is 0.0143 e. The van der Waals surface area contributed by atoms with E-state index in [1.54, 1.807) is 0 Å². The van der Waals surface area contributed by atoms with Crippen molar-refractivity contribution < 1.29 is 0 Å². The molecule has 0 atom stereocenters. The number of rotatable bonds is 17. The van der Waals surface area contributed by atoms with Crippen LogP contribution in [-0.2, 0) is 0 Å². The average Bonchev–Trinajstić information content (AvgIpc) is 2.58. The van der Waals surface area contributed by atoms with Gasteiger partial charge in [-0.2, -0.15) is 0 Å². The predicted molar refractivity (Wildman–Crippen MR) is 108 cm³/mol. The van der Waals surface area contributed by atoms with Gasteiger partial charge in [0, 0.05) is 12.2 Å². The van der Waals surface area contributed by atoms with Gasteiger partial charge in [0.15, 0.2) is 0 Å². The molecule has 0 aromatic heterocycles. The van der Waals surface area contributed by atoms with Crippen LogP contribution >= 0.6 is 0 Å². The molecule has 0 radical (unpaired) electrons. The number of nitrogens with one attached hydrogen (secondary N) is 2. The van der Waals surface area contributed by atoms with Crippen LogP contribution in [0.15, 0.2) is 12.3 Å². The van der Waals surface area contributed by atoms with Gasteiger partial charge in [0.2, 0.25) is 0 Å². The Morgan fingerprint density at radius 2 is 1.22 bits per heavy atom. The molecule has 0 aliphatic rings. The molecular formula is C21H46N2.